The number of anilines is 2. The van der Waals surface area contributed by atoms with Crippen molar-refractivity contribution in [3.8, 4) is 45.0 Å². The molecule has 17 heteroatoms. The Bertz CT molecular complexity index is 3260. The maximum Gasteiger partial charge on any atom is 0.410 e. The Labute approximate surface area is 405 Å². The van der Waals surface area contributed by atoms with Gasteiger partial charge in [-0.05, 0) is 120 Å². The summed E-state index contributed by atoms with van der Waals surface area (Å²) in [5, 5.41) is 16.9. The van der Waals surface area contributed by atoms with Crippen molar-refractivity contribution >= 4 is 40.1 Å². The highest BCUT2D eigenvalue weighted by molar-refractivity contribution is 5.95. The largest absolute Gasteiger partial charge is 0.445 e. The third kappa shape index (κ3) is 9.82. The number of benzene rings is 1. The van der Waals surface area contributed by atoms with E-state index in [-0.39, 0.29) is 24.8 Å². The standard InChI is InChI=1S/C30H31N7O3.C23H26N6O/c1-18-13-32-29(33-22-10-9-19(2)37(15-22)30(38)39-16-21-7-5-4-6-8-21)35-27(18)24-14-31-28-23(24)11-12-26(34-28)25-17-40-36-20(25)3;1-13-4-6-16(7-5-13)26-23-25-10-14(2)21(28-23)18-11-24-22-17(18)8-9-20(27-22)19-12-30-29-15(19)3/h4-8,11-14,17,19,22H,9-10,15-16H2,1-3H3,(H,31,34)(H,32,33,35);8-13,16H,4-7H2,1-3H3,(H,24,27)(H,25,26,28)/t19-,22-;/m1./s1. The average Bonchev–Trinajstić information content (AvgIpc) is 4.20. The fraction of sp³-hybridized carbons (Fsp3) is 0.340. The van der Waals surface area contributed by atoms with E-state index in [2.05, 4.69) is 60.8 Å². The maximum absolute atomic E-state index is 12.9. The number of amides is 1. The van der Waals surface area contributed by atoms with E-state index in [0.29, 0.717) is 24.5 Å². The molecule has 0 unspecified atom stereocenters. The van der Waals surface area contributed by atoms with Crippen LogP contribution in [0.2, 0.25) is 0 Å². The normalized spacial score (nSPS) is 18.1. The Hall–Kier alpha value is -7.95. The number of H-pyrrole nitrogens is 2. The van der Waals surface area contributed by atoms with Crippen LogP contribution in [0.1, 0.15) is 80.5 Å². The maximum atomic E-state index is 12.9. The van der Waals surface area contributed by atoms with Crippen LogP contribution in [0.3, 0.4) is 0 Å². The van der Waals surface area contributed by atoms with Crippen molar-refractivity contribution in [3.05, 3.63) is 120 Å². The average molecular weight is 940 g/mol. The molecule has 358 valence electrons. The van der Waals surface area contributed by atoms with E-state index in [9.17, 15) is 4.79 Å². The second-order valence-electron chi connectivity index (χ2n) is 18.7. The number of aromatic amines is 2. The number of hydrogen-bond acceptors (Lipinski definition) is 14. The van der Waals surface area contributed by atoms with E-state index < -0.39 is 0 Å². The molecule has 8 aromatic heterocycles. The van der Waals surface area contributed by atoms with Gasteiger partial charge in [-0.1, -0.05) is 47.6 Å². The minimum absolute atomic E-state index is 0.00929. The van der Waals surface area contributed by atoms with Gasteiger partial charge in [0.05, 0.1) is 45.3 Å². The first-order valence-corrected chi connectivity index (χ1v) is 24.0. The van der Waals surface area contributed by atoms with E-state index in [0.717, 1.165) is 114 Å². The number of carbonyl (C=O) groups is 1. The number of likely N-dealkylation sites (tertiary alicyclic amines) is 1. The fourth-order valence-corrected chi connectivity index (χ4v) is 9.40. The molecule has 9 aromatic rings. The molecule has 11 rings (SSSR count). The van der Waals surface area contributed by atoms with Crippen LogP contribution in [0.5, 0.6) is 0 Å². The topological polar surface area (TPSA) is 215 Å². The molecule has 4 N–H and O–H groups in total. The summed E-state index contributed by atoms with van der Waals surface area (Å²) in [6, 6.07) is 18.3. The van der Waals surface area contributed by atoms with Crippen LogP contribution in [0.15, 0.2) is 101 Å². The van der Waals surface area contributed by atoms with Gasteiger partial charge in [-0.15, -0.1) is 0 Å². The zero-order valence-electron chi connectivity index (χ0n) is 40.3. The van der Waals surface area contributed by atoms with E-state index in [1.54, 1.807) is 17.4 Å². The van der Waals surface area contributed by atoms with Gasteiger partial charge < -0.3 is 39.3 Å². The Morgan fingerprint density at radius 3 is 1.71 bits per heavy atom. The summed E-state index contributed by atoms with van der Waals surface area (Å²) in [7, 11) is 0. The van der Waals surface area contributed by atoms with Gasteiger partial charge in [-0.2, -0.15) is 0 Å². The highest BCUT2D eigenvalue weighted by Crippen LogP contribution is 2.34. The van der Waals surface area contributed by atoms with Gasteiger partial charge >= 0.3 is 6.09 Å². The summed E-state index contributed by atoms with van der Waals surface area (Å²) in [6.45, 7) is 13.0. The summed E-state index contributed by atoms with van der Waals surface area (Å²) >= 11 is 0. The first-order valence-electron chi connectivity index (χ1n) is 24.0. The van der Waals surface area contributed by atoms with Crippen molar-refractivity contribution < 1.29 is 18.6 Å². The van der Waals surface area contributed by atoms with Crippen molar-refractivity contribution in [1.82, 2.24) is 55.1 Å². The molecule has 2 aliphatic rings. The Balaban J connectivity index is 0.000000169. The molecular weight excluding hydrogens is 883 g/mol. The number of carbonyl (C=O) groups excluding carboxylic acids is 1. The van der Waals surface area contributed by atoms with Crippen molar-refractivity contribution in [2.75, 3.05) is 17.2 Å². The molecule has 1 aromatic carbocycles. The van der Waals surface area contributed by atoms with Crippen molar-refractivity contribution in [1.29, 1.82) is 0 Å². The van der Waals surface area contributed by atoms with Gasteiger partial charge in [-0.25, -0.2) is 34.7 Å². The molecule has 0 spiro atoms. The highest BCUT2D eigenvalue weighted by atomic mass is 16.6. The van der Waals surface area contributed by atoms with Crippen LogP contribution < -0.4 is 10.6 Å². The predicted molar refractivity (Wildman–Crippen MR) is 269 cm³/mol. The number of aromatic nitrogens is 10. The van der Waals surface area contributed by atoms with Crippen LogP contribution in [0.4, 0.5) is 16.7 Å². The van der Waals surface area contributed by atoms with Gasteiger partial charge in [0, 0.05) is 71.4 Å². The minimum Gasteiger partial charge on any atom is -0.445 e. The van der Waals surface area contributed by atoms with Crippen LogP contribution >= 0.6 is 0 Å². The van der Waals surface area contributed by atoms with Crippen molar-refractivity contribution in [3.63, 3.8) is 0 Å². The molecule has 1 saturated carbocycles. The molecule has 17 nitrogen and oxygen atoms in total. The highest BCUT2D eigenvalue weighted by Gasteiger charge is 2.31. The van der Waals surface area contributed by atoms with E-state index >= 15 is 0 Å². The van der Waals surface area contributed by atoms with Gasteiger partial charge in [0.25, 0.3) is 0 Å². The quantitative estimate of drug-likeness (QED) is 0.100. The summed E-state index contributed by atoms with van der Waals surface area (Å²) in [6.07, 6.45) is 17.2. The molecule has 1 amide bonds. The summed E-state index contributed by atoms with van der Waals surface area (Å²) in [5.41, 5.74) is 13.3. The van der Waals surface area contributed by atoms with Crippen LogP contribution in [0, 0.1) is 33.6 Å². The summed E-state index contributed by atoms with van der Waals surface area (Å²) in [5.74, 6) is 2.05. The van der Waals surface area contributed by atoms with Crippen LogP contribution in [-0.2, 0) is 11.3 Å². The fourth-order valence-electron chi connectivity index (χ4n) is 9.40. The lowest BCUT2D eigenvalue weighted by Gasteiger charge is -2.37. The number of pyridine rings is 2. The Kier molecular flexibility index (Phi) is 13.1. The van der Waals surface area contributed by atoms with E-state index in [1.165, 1.54) is 25.7 Å². The smallest absolute Gasteiger partial charge is 0.410 e. The number of nitrogens with one attached hydrogen (secondary N) is 4. The molecule has 1 aliphatic carbocycles. The lowest BCUT2D eigenvalue weighted by atomic mass is 9.87. The summed E-state index contributed by atoms with van der Waals surface area (Å²) in [4.78, 5) is 49.6. The number of fused-ring (bicyclic) bond motifs is 2. The molecule has 1 saturated heterocycles. The monoisotopic (exact) mass is 939 g/mol. The zero-order chi connectivity index (χ0) is 48.3. The third-order valence-corrected chi connectivity index (χ3v) is 13.6. The first-order chi connectivity index (χ1) is 34.0. The van der Waals surface area contributed by atoms with Crippen LogP contribution in [-0.4, -0.2) is 85.8 Å². The lowest BCUT2D eigenvalue weighted by molar-refractivity contribution is 0.0695. The number of ether oxygens (including phenoxy) is 1. The molecular formula is C53H57N13O4. The molecule has 1 aliphatic heterocycles. The Morgan fingerprint density at radius 2 is 1.19 bits per heavy atom. The lowest BCUT2D eigenvalue weighted by Crippen LogP contribution is -2.50. The third-order valence-electron chi connectivity index (χ3n) is 13.6. The number of rotatable bonds is 10. The van der Waals surface area contributed by atoms with Gasteiger partial charge in [0.1, 0.15) is 30.4 Å². The van der Waals surface area contributed by atoms with Gasteiger partial charge in [0.15, 0.2) is 0 Å². The van der Waals surface area contributed by atoms with Gasteiger partial charge in [-0.3, -0.25) is 0 Å². The van der Waals surface area contributed by atoms with E-state index in [4.69, 9.17) is 33.7 Å². The van der Waals surface area contributed by atoms with Gasteiger partial charge in [0.2, 0.25) is 11.9 Å². The molecule has 70 heavy (non-hydrogen) atoms. The van der Waals surface area contributed by atoms with Crippen molar-refractivity contribution in [2.45, 2.75) is 105 Å². The Morgan fingerprint density at radius 1 is 0.657 bits per heavy atom. The number of hydrogen-bond donors (Lipinski definition) is 4. The van der Waals surface area contributed by atoms with E-state index in [1.807, 2.05) is 101 Å². The summed E-state index contributed by atoms with van der Waals surface area (Å²) < 4.78 is 15.7. The SMILES string of the molecule is Cc1cnc(NC2CCC(C)CC2)nc1-c1c[nH]c2nc(-c3conc3C)ccc12.Cc1cnc(N[C@@H]2CC[C@@H](C)N(C(=O)OCc3ccccc3)C2)nc1-c1c[nH]c2nc(-c3conc3C)ccc12. The van der Waals surface area contributed by atoms with Crippen LogP contribution in [0.25, 0.3) is 67.1 Å². The molecule has 0 bridgehead atoms. The molecule has 2 fully saturated rings. The second kappa shape index (κ2) is 19.9. The predicted octanol–water partition coefficient (Wildman–Crippen LogP) is 11.2. The molecule has 2 atom stereocenters. The minimum atomic E-state index is -0.305. The van der Waals surface area contributed by atoms with Crippen molar-refractivity contribution in [2.24, 2.45) is 5.92 Å². The number of aryl methyl sites for hydroxylation is 4. The number of nitrogens with zero attached hydrogens (tertiary/aromatic N) is 9. The first kappa shape index (κ1) is 45.8. The molecule has 0 radical (unpaired) electrons. The second-order valence-corrected chi connectivity index (χ2v) is 18.7. The molecule has 9 heterocycles. The number of piperidine rings is 1. The zero-order valence-corrected chi connectivity index (χ0v) is 40.3.